The van der Waals surface area contributed by atoms with Crippen LogP contribution in [0.15, 0.2) is 22.5 Å². The van der Waals surface area contributed by atoms with Crippen LogP contribution in [0.25, 0.3) is 0 Å². The number of aryl methyl sites for hydroxylation is 1. The molecule has 2 rings (SSSR count). The third kappa shape index (κ3) is 5.09. The third-order valence-electron chi connectivity index (χ3n) is 3.40. The highest BCUT2D eigenvalue weighted by Gasteiger charge is 2.30. The minimum Gasteiger partial charge on any atom is -0.299 e. The van der Waals surface area contributed by atoms with E-state index >= 15 is 0 Å². The summed E-state index contributed by atoms with van der Waals surface area (Å²) in [7, 11) is -3.72. The highest BCUT2D eigenvalue weighted by atomic mass is 35.5. The Hall–Kier alpha value is -1.36. The molecule has 0 fully saturated rings. The van der Waals surface area contributed by atoms with Crippen molar-refractivity contribution in [1.29, 1.82) is 0 Å². The fourth-order valence-corrected chi connectivity index (χ4v) is 5.30. The molecule has 0 bridgehead atoms. The molecule has 0 aliphatic rings. The van der Waals surface area contributed by atoms with E-state index in [9.17, 15) is 13.2 Å². The van der Waals surface area contributed by atoms with E-state index in [1.54, 1.807) is 19.1 Å². The molecule has 7 nitrogen and oxygen atoms in total. The zero-order chi connectivity index (χ0) is 19.5. The summed E-state index contributed by atoms with van der Waals surface area (Å²) in [6.45, 7) is 5.26. The molecule has 0 saturated heterocycles. The molecular weight excluding hydrogens is 416 g/mol. The first-order chi connectivity index (χ1) is 12.1. The number of halogens is 1. The van der Waals surface area contributed by atoms with E-state index in [-0.39, 0.29) is 0 Å². The van der Waals surface area contributed by atoms with Crippen LogP contribution in [0.2, 0.25) is 5.02 Å². The summed E-state index contributed by atoms with van der Waals surface area (Å²) in [4.78, 5) is 12.6. The Balaban J connectivity index is 2.30. The van der Waals surface area contributed by atoms with E-state index < -0.39 is 22.0 Å². The average molecular weight is 435 g/mol. The summed E-state index contributed by atoms with van der Waals surface area (Å²) in [6.07, 6.45) is 1.05. The Bertz CT molecular complexity index is 901. The molecule has 0 aliphatic carbocycles. The van der Waals surface area contributed by atoms with Crippen LogP contribution >= 0.6 is 34.7 Å². The zero-order valence-corrected chi connectivity index (χ0v) is 17.9. The van der Waals surface area contributed by atoms with Crippen LogP contribution in [-0.4, -0.2) is 42.6 Å². The lowest BCUT2D eigenvalue weighted by atomic mass is 10.2. The Morgan fingerprint density at radius 2 is 2.12 bits per heavy atom. The van der Waals surface area contributed by atoms with Crippen molar-refractivity contribution in [2.24, 2.45) is 0 Å². The van der Waals surface area contributed by atoms with Gasteiger partial charge in [-0.1, -0.05) is 47.7 Å². The van der Waals surface area contributed by atoms with Crippen molar-refractivity contribution in [3.8, 4) is 0 Å². The van der Waals surface area contributed by atoms with Crippen LogP contribution in [0.3, 0.4) is 0 Å². The minimum absolute atomic E-state index is 0.328. The van der Waals surface area contributed by atoms with Crippen LogP contribution in [0.1, 0.15) is 19.4 Å². The summed E-state index contributed by atoms with van der Waals surface area (Å²) in [5.41, 5.74) is 1.05. The van der Waals surface area contributed by atoms with Gasteiger partial charge in [-0.2, -0.15) is 0 Å². The molecule has 1 heterocycles. The summed E-state index contributed by atoms with van der Waals surface area (Å²) < 4.78 is 26.5. The van der Waals surface area contributed by atoms with Crippen LogP contribution in [0.5, 0.6) is 0 Å². The van der Waals surface area contributed by atoms with Crippen LogP contribution < -0.4 is 9.62 Å². The van der Waals surface area contributed by atoms with Crippen LogP contribution in [-0.2, 0) is 14.8 Å². The number of sulfonamides is 1. The minimum atomic E-state index is -3.72. The molecule has 0 aliphatic heterocycles. The largest absolute Gasteiger partial charge is 0.299 e. The van der Waals surface area contributed by atoms with Gasteiger partial charge in [-0.15, -0.1) is 10.2 Å². The quantitative estimate of drug-likeness (QED) is 0.530. The number of thioether (sulfide) groups is 1. The van der Waals surface area contributed by atoms with Gasteiger partial charge in [0, 0.05) is 5.02 Å². The van der Waals surface area contributed by atoms with Crippen molar-refractivity contribution in [2.45, 2.75) is 31.2 Å². The average Bonchev–Trinajstić information content (AvgIpc) is 2.97. The first kappa shape index (κ1) is 20.9. The molecule has 1 amide bonds. The van der Waals surface area contributed by atoms with Crippen molar-refractivity contribution in [3.63, 3.8) is 0 Å². The highest BCUT2D eigenvalue weighted by Crippen LogP contribution is 2.29. The maximum atomic E-state index is 12.6. The lowest BCUT2D eigenvalue weighted by Gasteiger charge is -2.29. The van der Waals surface area contributed by atoms with Gasteiger partial charge in [0.2, 0.25) is 21.1 Å². The molecule has 0 spiro atoms. The van der Waals surface area contributed by atoms with Crippen molar-refractivity contribution < 1.29 is 13.2 Å². The molecule has 1 atom stereocenters. The number of aromatic nitrogens is 2. The monoisotopic (exact) mass is 434 g/mol. The first-order valence-electron chi connectivity index (χ1n) is 7.66. The maximum absolute atomic E-state index is 12.6. The Morgan fingerprint density at radius 3 is 2.73 bits per heavy atom. The highest BCUT2D eigenvalue weighted by molar-refractivity contribution is 8.01. The predicted octanol–water partition coefficient (Wildman–Crippen LogP) is 3.41. The summed E-state index contributed by atoms with van der Waals surface area (Å²) >= 11 is 8.78. The van der Waals surface area contributed by atoms with Crippen LogP contribution in [0, 0.1) is 6.92 Å². The first-order valence-corrected chi connectivity index (χ1v) is 11.7. The van der Waals surface area contributed by atoms with Crippen molar-refractivity contribution in [3.05, 3.63) is 28.8 Å². The van der Waals surface area contributed by atoms with Gasteiger partial charge in [0.25, 0.3) is 0 Å². The molecule has 2 aromatic rings. The second-order valence-electron chi connectivity index (χ2n) is 5.46. The number of hydrogen-bond donors (Lipinski definition) is 1. The van der Waals surface area contributed by atoms with E-state index in [4.69, 9.17) is 11.6 Å². The van der Waals surface area contributed by atoms with Gasteiger partial charge in [0.15, 0.2) is 4.34 Å². The van der Waals surface area contributed by atoms with Crippen molar-refractivity contribution in [2.75, 3.05) is 21.6 Å². The number of nitrogens with one attached hydrogen (secondary N) is 1. The second kappa shape index (κ2) is 8.55. The third-order valence-corrected chi connectivity index (χ3v) is 6.72. The molecule has 0 radical (unpaired) electrons. The van der Waals surface area contributed by atoms with Crippen molar-refractivity contribution >= 4 is 61.4 Å². The van der Waals surface area contributed by atoms with Gasteiger partial charge in [-0.25, -0.2) is 8.42 Å². The van der Waals surface area contributed by atoms with E-state index in [1.165, 1.54) is 36.1 Å². The molecule has 26 heavy (non-hydrogen) atoms. The number of amides is 1. The van der Waals surface area contributed by atoms with Gasteiger partial charge in [0.1, 0.15) is 6.04 Å². The summed E-state index contributed by atoms with van der Waals surface area (Å²) in [5, 5.41) is 11.2. The molecule has 142 valence electrons. The van der Waals surface area contributed by atoms with Gasteiger partial charge in [0.05, 0.1) is 11.9 Å². The lowest BCUT2D eigenvalue weighted by molar-refractivity contribution is -0.116. The second-order valence-corrected chi connectivity index (χ2v) is 10.2. The molecule has 0 saturated carbocycles. The smallest absolute Gasteiger partial charge is 0.249 e. The molecule has 11 heteroatoms. The van der Waals surface area contributed by atoms with Crippen LogP contribution in [0.4, 0.5) is 10.8 Å². The molecule has 0 unspecified atom stereocenters. The Morgan fingerprint density at radius 1 is 1.42 bits per heavy atom. The molecule has 1 aromatic heterocycles. The molecule has 1 N–H and O–H groups in total. The number of benzene rings is 1. The fraction of sp³-hybridized carbons (Fsp3) is 0.400. The number of rotatable bonds is 7. The normalized spacial score (nSPS) is 12.7. The number of nitrogens with zero attached hydrogens (tertiary/aromatic N) is 3. The van der Waals surface area contributed by atoms with Gasteiger partial charge >= 0.3 is 0 Å². The van der Waals surface area contributed by atoms with Gasteiger partial charge < -0.3 is 0 Å². The van der Waals surface area contributed by atoms with E-state index in [1.807, 2.05) is 6.92 Å². The SMILES string of the molecule is CCSc1nnc(NC(=O)[C@@H](C)N(c2cc(Cl)ccc2C)S(C)(=O)=O)s1. The number of hydrogen-bond acceptors (Lipinski definition) is 7. The topological polar surface area (TPSA) is 92.3 Å². The Labute approximate surface area is 166 Å². The summed E-state index contributed by atoms with van der Waals surface area (Å²) in [5.74, 6) is 0.341. The summed E-state index contributed by atoms with van der Waals surface area (Å²) in [6, 6.07) is 3.91. The van der Waals surface area contributed by atoms with E-state index in [2.05, 4.69) is 15.5 Å². The maximum Gasteiger partial charge on any atom is 0.249 e. The number of carbonyl (C=O) groups excluding carboxylic acids is 1. The molecular formula is C15H19ClN4O3S3. The predicted molar refractivity (Wildman–Crippen MR) is 108 cm³/mol. The van der Waals surface area contributed by atoms with E-state index in [0.29, 0.717) is 21.4 Å². The fourth-order valence-electron chi connectivity index (χ4n) is 2.25. The van der Waals surface area contributed by atoms with Crippen molar-refractivity contribution in [1.82, 2.24) is 10.2 Å². The van der Waals surface area contributed by atoms with E-state index in [0.717, 1.165) is 20.7 Å². The van der Waals surface area contributed by atoms with Gasteiger partial charge in [-0.05, 0) is 37.3 Å². The zero-order valence-electron chi connectivity index (χ0n) is 14.7. The lowest BCUT2D eigenvalue weighted by Crippen LogP contribution is -2.45. The number of anilines is 2. The molecule has 1 aromatic carbocycles. The Kier molecular flexibility index (Phi) is 6.89. The van der Waals surface area contributed by atoms with Gasteiger partial charge in [-0.3, -0.25) is 14.4 Å². The standard InChI is InChI=1S/C15H19ClN4O3S3/c1-5-24-15-19-18-14(25-15)17-13(21)10(3)20(26(4,22)23)12-8-11(16)7-6-9(12)2/h6-8,10H,5H2,1-4H3,(H,17,18,21)/t10-/m1/s1. The number of carbonyl (C=O) groups is 1.